The summed E-state index contributed by atoms with van der Waals surface area (Å²) in [6.45, 7) is 2.95. The minimum Gasteiger partial charge on any atom is -0.491 e. The molecule has 0 bridgehead atoms. The van der Waals surface area contributed by atoms with Crippen LogP contribution in [0.2, 0.25) is 0 Å². The van der Waals surface area contributed by atoms with Crippen molar-refractivity contribution in [2.45, 2.75) is 37.6 Å². The van der Waals surface area contributed by atoms with Gasteiger partial charge in [-0.05, 0) is 45.0 Å². The van der Waals surface area contributed by atoms with Crippen molar-refractivity contribution in [1.29, 1.82) is 0 Å². The largest absolute Gasteiger partial charge is 0.491 e. The van der Waals surface area contributed by atoms with E-state index < -0.39 is 23.4 Å². The summed E-state index contributed by atoms with van der Waals surface area (Å²) in [5, 5.41) is 5.93. The van der Waals surface area contributed by atoms with E-state index in [1.54, 1.807) is 6.92 Å². The first-order chi connectivity index (χ1) is 11.8. The molecule has 1 atom stereocenters. The van der Waals surface area contributed by atoms with Crippen molar-refractivity contribution in [1.82, 2.24) is 10.6 Å². The summed E-state index contributed by atoms with van der Waals surface area (Å²) in [5.41, 5.74) is -1.73. The normalized spacial score (nSPS) is 17.7. The lowest BCUT2D eigenvalue weighted by molar-refractivity contribution is -0.147. The van der Waals surface area contributed by atoms with Gasteiger partial charge in [-0.1, -0.05) is 12.1 Å². The Bertz CT molecular complexity index is 593. The molecule has 0 spiro atoms. The highest BCUT2D eigenvalue weighted by atomic mass is 35.5. The molecular formula is C17H24ClF3N2O3. The Labute approximate surface area is 157 Å². The molecular weight excluding hydrogens is 373 g/mol. The molecule has 1 unspecified atom stereocenters. The van der Waals surface area contributed by atoms with Crippen molar-refractivity contribution in [2.75, 3.05) is 26.8 Å². The molecule has 0 saturated carbocycles. The van der Waals surface area contributed by atoms with Crippen molar-refractivity contribution in [3.8, 4) is 5.75 Å². The third-order valence-corrected chi connectivity index (χ3v) is 4.27. The van der Waals surface area contributed by atoms with E-state index in [2.05, 4.69) is 10.6 Å². The third-order valence-electron chi connectivity index (χ3n) is 4.27. The molecule has 148 valence electrons. The van der Waals surface area contributed by atoms with Gasteiger partial charge in [0.1, 0.15) is 18.0 Å². The number of benzene rings is 1. The fourth-order valence-corrected chi connectivity index (χ4v) is 2.79. The van der Waals surface area contributed by atoms with E-state index in [-0.39, 0.29) is 30.7 Å². The molecule has 0 aromatic heterocycles. The molecule has 5 nitrogen and oxygen atoms in total. The number of hydrogen-bond acceptors (Lipinski definition) is 4. The van der Waals surface area contributed by atoms with Gasteiger partial charge in [0.05, 0.1) is 11.6 Å². The van der Waals surface area contributed by atoms with Crippen LogP contribution in [0.1, 0.15) is 25.3 Å². The van der Waals surface area contributed by atoms with Crippen LogP contribution in [0.25, 0.3) is 0 Å². The maximum atomic E-state index is 12.9. The molecule has 26 heavy (non-hydrogen) atoms. The first kappa shape index (κ1) is 22.5. The molecule has 1 amide bonds. The Hall–Kier alpha value is -1.51. The molecule has 1 aliphatic rings. The van der Waals surface area contributed by atoms with Crippen LogP contribution < -0.4 is 15.4 Å². The van der Waals surface area contributed by atoms with E-state index in [1.807, 2.05) is 0 Å². The number of halogens is 4. The number of carbonyl (C=O) groups excluding carboxylic acids is 1. The maximum absolute atomic E-state index is 12.9. The Balaban J connectivity index is 0.00000338. The van der Waals surface area contributed by atoms with Gasteiger partial charge < -0.3 is 20.1 Å². The number of carbonyl (C=O) groups is 1. The van der Waals surface area contributed by atoms with Gasteiger partial charge in [-0.25, -0.2) is 0 Å². The number of para-hydroxylation sites is 1. The van der Waals surface area contributed by atoms with Crippen LogP contribution in [0.5, 0.6) is 5.75 Å². The number of piperidine rings is 1. The monoisotopic (exact) mass is 396 g/mol. The second-order valence-corrected chi connectivity index (χ2v) is 6.13. The SMILES string of the molecule is COC1(C(=O)NC(C)COc2ccccc2C(F)(F)F)CCNCC1.Cl. The Kier molecular flexibility index (Phi) is 8.17. The predicted octanol–water partition coefficient (Wildman–Crippen LogP) is 2.78. The summed E-state index contributed by atoms with van der Waals surface area (Å²) in [6.07, 6.45) is -3.40. The zero-order valence-corrected chi connectivity index (χ0v) is 15.5. The number of hydrogen-bond donors (Lipinski definition) is 2. The van der Waals surface area contributed by atoms with Crippen LogP contribution in [-0.4, -0.2) is 44.4 Å². The van der Waals surface area contributed by atoms with Crippen molar-refractivity contribution in [3.63, 3.8) is 0 Å². The van der Waals surface area contributed by atoms with E-state index >= 15 is 0 Å². The van der Waals surface area contributed by atoms with Crippen molar-refractivity contribution < 1.29 is 27.4 Å². The second-order valence-electron chi connectivity index (χ2n) is 6.13. The van der Waals surface area contributed by atoms with Gasteiger partial charge in [0.2, 0.25) is 0 Å². The molecule has 0 radical (unpaired) electrons. The van der Waals surface area contributed by atoms with E-state index in [0.29, 0.717) is 25.9 Å². The molecule has 0 aliphatic carbocycles. The lowest BCUT2D eigenvalue weighted by atomic mass is 9.91. The zero-order chi connectivity index (χ0) is 18.5. The average Bonchev–Trinajstić information content (AvgIpc) is 2.60. The minimum absolute atomic E-state index is 0. The summed E-state index contributed by atoms with van der Waals surface area (Å²) >= 11 is 0. The van der Waals surface area contributed by atoms with E-state index in [9.17, 15) is 18.0 Å². The van der Waals surface area contributed by atoms with E-state index in [1.165, 1.54) is 25.3 Å². The highest BCUT2D eigenvalue weighted by molar-refractivity contribution is 5.85. The van der Waals surface area contributed by atoms with Crippen LogP contribution >= 0.6 is 12.4 Å². The molecule has 1 heterocycles. The van der Waals surface area contributed by atoms with Crippen molar-refractivity contribution in [3.05, 3.63) is 29.8 Å². The second kappa shape index (κ2) is 9.43. The Morgan fingerprint density at radius 3 is 2.50 bits per heavy atom. The number of ether oxygens (including phenoxy) is 2. The van der Waals surface area contributed by atoms with Gasteiger partial charge in [-0.2, -0.15) is 13.2 Å². The van der Waals surface area contributed by atoms with E-state index in [0.717, 1.165) is 6.07 Å². The third kappa shape index (κ3) is 5.49. The predicted molar refractivity (Wildman–Crippen MR) is 93.6 cm³/mol. The van der Waals surface area contributed by atoms with Gasteiger partial charge in [-0.3, -0.25) is 4.79 Å². The zero-order valence-electron chi connectivity index (χ0n) is 14.7. The molecule has 1 aromatic rings. The number of amides is 1. The quantitative estimate of drug-likeness (QED) is 0.776. The molecule has 2 N–H and O–H groups in total. The smallest absolute Gasteiger partial charge is 0.419 e. The Morgan fingerprint density at radius 1 is 1.31 bits per heavy atom. The van der Waals surface area contributed by atoms with E-state index in [4.69, 9.17) is 9.47 Å². The fraction of sp³-hybridized carbons (Fsp3) is 0.588. The van der Waals surface area contributed by atoms with Gasteiger partial charge >= 0.3 is 6.18 Å². The highest BCUT2D eigenvalue weighted by Crippen LogP contribution is 2.35. The first-order valence-corrected chi connectivity index (χ1v) is 8.14. The molecule has 2 rings (SSSR count). The average molecular weight is 397 g/mol. The molecule has 1 fully saturated rings. The van der Waals surface area contributed by atoms with Gasteiger partial charge in [-0.15, -0.1) is 12.4 Å². The summed E-state index contributed by atoms with van der Waals surface area (Å²) in [7, 11) is 1.49. The molecule has 1 aliphatic heterocycles. The van der Waals surface area contributed by atoms with Crippen LogP contribution in [0.3, 0.4) is 0 Å². The lowest BCUT2D eigenvalue weighted by Gasteiger charge is -2.35. The number of rotatable bonds is 6. The van der Waals surface area contributed by atoms with Crippen LogP contribution in [0.15, 0.2) is 24.3 Å². The van der Waals surface area contributed by atoms with Gasteiger partial charge in [0, 0.05) is 7.11 Å². The van der Waals surface area contributed by atoms with Crippen molar-refractivity contribution >= 4 is 18.3 Å². The van der Waals surface area contributed by atoms with Crippen LogP contribution in [0, 0.1) is 0 Å². The fourth-order valence-electron chi connectivity index (χ4n) is 2.79. The number of alkyl halides is 3. The number of nitrogens with one attached hydrogen (secondary N) is 2. The molecule has 1 aromatic carbocycles. The molecule has 1 saturated heterocycles. The minimum atomic E-state index is -4.49. The van der Waals surface area contributed by atoms with Crippen molar-refractivity contribution in [2.24, 2.45) is 0 Å². The first-order valence-electron chi connectivity index (χ1n) is 8.14. The standard InChI is InChI=1S/C17H23F3N2O3.ClH/c1-12(22-15(23)16(24-2)7-9-21-10-8-16)11-25-14-6-4-3-5-13(14)17(18,19)20;/h3-6,12,21H,7-11H2,1-2H3,(H,22,23);1H. The topological polar surface area (TPSA) is 59.6 Å². The van der Waals surface area contributed by atoms with Crippen LogP contribution in [-0.2, 0) is 15.7 Å². The maximum Gasteiger partial charge on any atom is 0.419 e. The highest BCUT2D eigenvalue weighted by Gasteiger charge is 2.40. The van der Waals surface area contributed by atoms with Gasteiger partial charge in [0.25, 0.3) is 5.91 Å². The Morgan fingerprint density at radius 2 is 1.92 bits per heavy atom. The molecule has 9 heteroatoms. The summed E-state index contributed by atoms with van der Waals surface area (Å²) in [4.78, 5) is 12.5. The van der Waals surface area contributed by atoms with Gasteiger partial charge in [0.15, 0.2) is 0 Å². The summed E-state index contributed by atoms with van der Waals surface area (Å²) in [5.74, 6) is -0.517. The number of methoxy groups -OCH3 is 1. The summed E-state index contributed by atoms with van der Waals surface area (Å²) in [6, 6.07) is 4.55. The lowest BCUT2D eigenvalue weighted by Crippen LogP contribution is -2.56. The summed E-state index contributed by atoms with van der Waals surface area (Å²) < 4.78 is 49.6. The van der Waals surface area contributed by atoms with Crippen LogP contribution in [0.4, 0.5) is 13.2 Å².